The number of hydrogen-bond acceptors (Lipinski definition) is 4. The van der Waals surface area contributed by atoms with Crippen LogP contribution in [0.25, 0.3) is 0 Å². The van der Waals surface area contributed by atoms with Crippen molar-refractivity contribution in [2.45, 2.75) is 43.9 Å². The molecule has 0 saturated heterocycles. The number of hydrogen-bond donors (Lipinski definition) is 3. The van der Waals surface area contributed by atoms with E-state index in [2.05, 4.69) is 34.3 Å². The van der Waals surface area contributed by atoms with Crippen LogP contribution in [0.15, 0.2) is 23.2 Å². The van der Waals surface area contributed by atoms with Gasteiger partial charge in [-0.25, -0.2) is 0 Å². The van der Waals surface area contributed by atoms with Crippen molar-refractivity contribution in [1.29, 1.82) is 0 Å². The molecule has 1 aliphatic rings. The van der Waals surface area contributed by atoms with Gasteiger partial charge in [0.25, 0.3) is 0 Å². The summed E-state index contributed by atoms with van der Waals surface area (Å²) in [6, 6.07) is 5.92. The second-order valence-electron chi connectivity index (χ2n) is 5.98. The minimum atomic E-state index is 0. The zero-order valence-corrected chi connectivity index (χ0v) is 18.4. The minimum Gasteiger partial charge on any atom is -0.508 e. The van der Waals surface area contributed by atoms with Crippen molar-refractivity contribution >= 4 is 41.7 Å². The first-order valence-electron chi connectivity index (χ1n) is 8.61. The zero-order chi connectivity index (χ0) is 17.4. The van der Waals surface area contributed by atoms with Crippen LogP contribution in [0.4, 0.5) is 0 Å². The fraction of sp³-hybridized carbons (Fsp3) is 0.611. The first-order valence-corrected chi connectivity index (χ1v) is 9.65. The molecule has 5 nitrogen and oxygen atoms in total. The maximum absolute atomic E-state index is 10.00. The Morgan fingerprint density at radius 3 is 2.84 bits per heavy atom. The number of thioether (sulfide) groups is 1. The van der Waals surface area contributed by atoms with Gasteiger partial charge < -0.3 is 20.5 Å². The van der Waals surface area contributed by atoms with Gasteiger partial charge >= 0.3 is 0 Å². The Balaban J connectivity index is 0.00000312. The second-order valence-corrected chi connectivity index (χ2v) is 7.55. The van der Waals surface area contributed by atoms with E-state index in [1.807, 2.05) is 12.1 Å². The van der Waals surface area contributed by atoms with Crippen LogP contribution in [0.1, 0.15) is 31.7 Å². The van der Waals surface area contributed by atoms with Crippen LogP contribution in [0, 0.1) is 0 Å². The van der Waals surface area contributed by atoms with Gasteiger partial charge in [-0.2, -0.15) is 11.8 Å². The molecule has 1 fully saturated rings. The molecular weight excluding hydrogens is 449 g/mol. The molecule has 0 heterocycles. The van der Waals surface area contributed by atoms with Gasteiger partial charge in [0.1, 0.15) is 11.5 Å². The van der Waals surface area contributed by atoms with Crippen LogP contribution in [-0.2, 0) is 6.42 Å². The highest BCUT2D eigenvalue weighted by Crippen LogP contribution is 2.29. The van der Waals surface area contributed by atoms with Gasteiger partial charge in [0.05, 0.1) is 7.11 Å². The summed E-state index contributed by atoms with van der Waals surface area (Å²) < 4.78 is 5.10. The Kier molecular flexibility index (Phi) is 10.4. The summed E-state index contributed by atoms with van der Waals surface area (Å²) in [5, 5.41) is 17.6. The van der Waals surface area contributed by atoms with E-state index in [0.717, 1.165) is 29.7 Å². The van der Waals surface area contributed by atoms with Crippen molar-refractivity contribution in [2.24, 2.45) is 4.99 Å². The monoisotopic (exact) mass is 479 g/mol. The second kappa shape index (κ2) is 11.7. The van der Waals surface area contributed by atoms with Gasteiger partial charge in [-0.3, -0.25) is 4.99 Å². The predicted molar refractivity (Wildman–Crippen MR) is 118 cm³/mol. The molecule has 0 bridgehead atoms. The molecule has 1 aliphatic carbocycles. The molecule has 1 saturated carbocycles. The van der Waals surface area contributed by atoms with E-state index in [9.17, 15) is 5.11 Å². The van der Waals surface area contributed by atoms with E-state index in [4.69, 9.17) is 4.74 Å². The Hall–Kier alpha value is -0.830. The van der Waals surface area contributed by atoms with Crippen LogP contribution in [-0.4, -0.2) is 48.8 Å². The number of phenols is 1. The average molecular weight is 479 g/mol. The largest absolute Gasteiger partial charge is 0.508 e. The van der Waals surface area contributed by atoms with Crippen LogP contribution in [0.3, 0.4) is 0 Å². The van der Waals surface area contributed by atoms with Gasteiger partial charge in [-0.1, -0.05) is 13.0 Å². The number of nitrogens with zero attached hydrogens (tertiary/aromatic N) is 1. The van der Waals surface area contributed by atoms with Crippen molar-refractivity contribution in [3.05, 3.63) is 23.8 Å². The summed E-state index contributed by atoms with van der Waals surface area (Å²) in [4.78, 5) is 4.31. The van der Waals surface area contributed by atoms with Gasteiger partial charge in [-0.15, -0.1) is 24.0 Å². The summed E-state index contributed by atoms with van der Waals surface area (Å²) in [5.74, 6) is 2.97. The lowest BCUT2D eigenvalue weighted by molar-refractivity contribution is 0.406. The maximum Gasteiger partial charge on any atom is 0.191 e. The standard InChI is InChI=1S/C18H29N3O2S.HI/c1-4-24-16-8-6-14(11-16)21-18(19-2)20-10-9-13-5-7-15(23-3)12-17(13)22;/h5,7,12,14,16,22H,4,6,8-11H2,1-3H3,(H2,19,20,21);1H. The summed E-state index contributed by atoms with van der Waals surface area (Å²) >= 11 is 2.06. The number of aromatic hydroxyl groups is 1. The molecule has 142 valence electrons. The third-order valence-corrected chi connectivity index (χ3v) is 5.56. The van der Waals surface area contributed by atoms with E-state index in [1.165, 1.54) is 25.0 Å². The molecule has 1 aromatic carbocycles. The van der Waals surface area contributed by atoms with Gasteiger partial charge in [-0.05, 0) is 43.1 Å². The Bertz CT molecular complexity index is 557. The molecule has 0 aliphatic heterocycles. The summed E-state index contributed by atoms with van der Waals surface area (Å²) in [7, 11) is 3.39. The van der Waals surface area contributed by atoms with Gasteiger partial charge in [0.2, 0.25) is 0 Å². The van der Waals surface area contributed by atoms with E-state index in [0.29, 0.717) is 11.8 Å². The lowest BCUT2D eigenvalue weighted by atomic mass is 10.1. The van der Waals surface area contributed by atoms with Crippen LogP contribution in [0.2, 0.25) is 0 Å². The van der Waals surface area contributed by atoms with Crippen LogP contribution >= 0.6 is 35.7 Å². The van der Waals surface area contributed by atoms with E-state index in [-0.39, 0.29) is 29.7 Å². The number of guanidine groups is 1. The SMILES string of the molecule is CCSC1CCC(NC(=NC)NCCc2ccc(OC)cc2O)C1.I. The fourth-order valence-corrected chi connectivity index (χ4v) is 4.19. The minimum absolute atomic E-state index is 0. The van der Waals surface area contributed by atoms with Gasteiger partial charge in [0, 0.05) is 31.0 Å². The summed E-state index contributed by atoms with van der Waals surface area (Å²) in [5.41, 5.74) is 0.902. The number of phenolic OH excluding ortho intramolecular Hbond substituents is 1. The Labute approximate surface area is 172 Å². The molecule has 0 aromatic heterocycles. The lowest BCUT2D eigenvalue weighted by Crippen LogP contribution is -2.43. The molecule has 2 atom stereocenters. The number of rotatable bonds is 7. The number of ether oxygens (including phenoxy) is 1. The Morgan fingerprint density at radius 2 is 2.20 bits per heavy atom. The smallest absolute Gasteiger partial charge is 0.191 e. The van der Waals surface area contributed by atoms with E-state index in [1.54, 1.807) is 20.2 Å². The van der Waals surface area contributed by atoms with Crippen molar-refractivity contribution in [3.8, 4) is 11.5 Å². The molecule has 2 rings (SSSR count). The molecule has 25 heavy (non-hydrogen) atoms. The Morgan fingerprint density at radius 1 is 1.40 bits per heavy atom. The normalized spacial score (nSPS) is 20.0. The van der Waals surface area contributed by atoms with Crippen LogP contribution in [0.5, 0.6) is 11.5 Å². The first kappa shape index (κ1) is 22.2. The highest BCUT2D eigenvalue weighted by atomic mass is 127. The number of halogens is 1. The molecule has 7 heteroatoms. The lowest BCUT2D eigenvalue weighted by Gasteiger charge is -2.17. The van der Waals surface area contributed by atoms with E-state index >= 15 is 0 Å². The number of aliphatic imine (C=N–C) groups is 1. The highest BCUT2D eigenvalue weighted by Gasteiger charge is 2.24. The summed E-state index contributed by atoms with van der Waals surface area (Å²) in [6.45, 7) is 2.94. The molecule has 0 spiro atoms. The molecule has 3 N–H and O–H groups in total. The molecular formula is C18H30IN3O2S. The van der Waals surface area contributed by atoms with Crippen molar-refractivity contribution in [1.82, 2.24) is 10.6 Å². The molecule has 0 amide bonds. The third kappa shape index (κ3) is 7.13. The summed E-state index contributed by atoms with van der Waals surface area (Å²) in [6.07, 6.45) is 4.43. The van der Waals surface area contributed by atoms with Crippen molar-refractivity contribution in [3.63, 3.8) is 0 Å². The number of methoxy groups -OCH3 is 1. The first-order chi connectivity index (χ1) is 11.7. The average Bonchev–Trinajstić information content (AvgIpc) is 3.02. The molecule has 2 unspecified atom stereocenters. The van der Waals surface area contributed by atoms with Crippen molar-refractivity contribution in [2.75, 3.05) is 26.5 Å². The quantitative estimate of drug-likeness (QED) is 0.318. The molecule has 0 radical (unpaired) electrons. The van der Waals surface area contributed by atoms with E-state index < -0.39 is 0 Å². The number of benzene rings is 1. The van der Waals surface area contributed by atoms with Gasteiger partial charge in [0.15, 0.2) is 5.96 Å². The zero-order valence-electron chi connectivity index (χ0n) is 15.2. The van der Waals surface area contributed by atoms with Crippen molar-refractivity contribution < 1.29 is 9.84 Å². The predicted octanol–water partition coefficient (Wildman–Crippen LogP) is 3.40. The highest BCUT2D eigenvalue weighted by molar-refractivity contribution is 14.0. The molecule has 1 aromatic rings. The number of nitrogens with one attached hydrogen (secondary N) is 2. The van der Waals surface area contributed by atoms with Crippen LogP contribution < -0.4 is 15.4 Å². The topological polar surface area (TPSA) is 65.9 Å². The maximum atomic E-state index is 10.00. The third-order valence-electron chi connectivity index (χ3n) is 4.33. The fourth-order valence-electron chi connectivity index (χ4n) is 3.04.